The van der Waals surface area contributed by atoms with E-state index in [0.29, 0.717) is 4.31 Å². The second kappa shape index (κ2) is 7.67. The van der Waals surface area contributed by atoms with Crippen LogP contribution >= 0.6 is 0 Å². The van der Waals surface area contributed by atoms with Crippen LogP contribution in [0.4, 0.5) is 0 Å². The molecule has 136 valence electrons. The van der Waals surface area contributed by atoms with Gasteiger partial charge in [0.1, 0.15) is 19.2 Å². The minimum absolute atomic E-state index is 0.0165. The van der Waals surface area contributed by atoms with E-state index in [1.165, 1.54) is 0 Å². The van der Waals surface area contributed by atoms with E-state index in [1.807, 2.05) is 24.3 Å². The van der Waals surface area contributed by atoms with Gasteiger partial charge in [-0.15, -0.1) is 0 Å². The van der Waals surface area contributed by atoms with E-state index in [2.05, 4.69) is 4.72 Å². The van der Waals surface area contributed by atoms with Crippen molar-refractivity contribution in [1.29, 1.82) is 0 Å². The molecular formula is C18H18N2O5S. The van der Waals surface area contributed by atoms with Gasteiger partial charge in [0.2, 0.25) is 0 Å². The molecule has 3 rings (SSSR count). The highest BCUT2D eigenvalue weighted by Gasteiger charge is 2.43. The largest absolute Gasteiger partial charge is 0.459 e. The molecule has 8 heteroatoms. The van der Waals surface area contributed by atoms with E-state index in [0.717, 1.165) is 11.1 Å². The third-order valence-electron chi connectivity index (χ3n) is 3.92. The van der Waals surface area contributed by atoms with E-state index < -0.39 is 34.7 Å². The van der Waals surface area contributed by atoms with Crippen LogP contribution in [0.5, 0.6) is 0 Å². The topological polar surface area (TPSA) is 92.8 Å². The normalized spacial score (nSPS) is 18.7. The predicted octanol–water partition coefficient (Wildman–Crippen LogP) is 1.02. The van der Waals surface area contributed by atoms with E-state index >= 15 is 0 Å². The quantitative estimate of drug-likeness (QED) is 0.762. The number of esters is 1. The molecule has 1 aliphatic heterocycles. The van der Waals surface area contributed by atoms with Crippen molar-refractivity contribution in [2.75, 3.05) is 6.54 Å². The summed E-state index contributed by atoms with van der Waals surface area (Å²) >= 11 is 0. The Morgan fingerprint density at radius 3 is 2.19 bits per heavy atom. The first kappa shape index (κ1) is 18.1. The average molecular weight is 374 g/mol. The van der Waals surface area contributed by atoms with Crippen LogP contribution in [0.3, 0.4) is 0 Å². The lowest BCUT2D eigenvalue weighted by atomic mass is 10.1. The fraction of sp³-hybridized carbons (Fsp3) is 0.222. The molecule has 0 aromatic heterocycles. The van der Waals surface area contributed by atoms with Crippen molar-refractivity contribution in [2.24, 2.45) is 0 Å². The molecule has 2 aromatic carbocycles. The fourth-order valence-corrected chi connectivity index (χ4v) is 3.94. The molecule has 0 spiro atoms. The Kier molecular flexibility index (Phi) is 5.34. The lowest BCUT2D eigenvalue weighted by molar-refractivity contribution is -0.147. The van der Waals surface area contributed by atoms with Gasteiger partial charge in [-0.2, -0.15) is 13.1 Å². The van der Waals surface area contributed by atoms with Crippen LogP contribution in [-0.4, -0.2) is 37.2 Å². The summed E-state index contributed by atoms with van der Waals surface area (Å²) in [6.45, 7) is -0.630. The first-order chi connectivity index (χ1) is 12.5. The zero-order chi connectivity index (χ0) is 18.6. The maximum Gasteiger partial charge on any atom is 0.327 e. The molecule has 1 fully saturated rings. The summed E-state index contributed by atoms with van der Waals surface area (Å²) in [5, 5.41) is 0. The number of ether oxygens (including phenoxy) is 1. The van der Waals surface area contributed by atoms with E-state index in [1.54, 1.807) is 36.4 Å². The first-order valence-electron chi connectivity index (χ1n) is 8.03. The molecule has 1 saturated heterocycles. The van der Waals surface area contributed by atoms with Crippen LogP contribution in [-0.2, 0) is 37.6 Å². The van der Waals surface area contributed by atoms with Gasteiger partial charge in [-0.25, -0.2) is 4.31 Å². The number of amides is 1. The molecule has 1 aliphatic rings. The van der Waals surface area contributed by atoms with Crippen LogP contribution in [0.25, 0.3) is 0 Å². The van der Waals surface area contributed by atoms with Crippen LogP contribution in [0.2, 0.25) is 0 Å². The monoisotopic (exact) mass is 374 g/mol. The minimum atomic E-state index is -4.05. The van der Waals surface area contributed by atoms with Crippen molar-refractivity contribution < 1.29 is 22.7 Å². The van der Waals surface area contributed by atoms with Gasteiger partial charge in [-0.3, -0.25) is 9.59 Å². The van der Waals surface area contributed by atoms with Gasteiger partial charge in [0.15, 0.2) is 0 Å². The van der Waals surface area contributed by atoms with Crippen molar-refractivity contribution in [3.63, 3.8) is 0 Å². The van der Waals surface area contributed by atoms with Gasteiger partial charge in [0, 0.05) is 0 Å². The number of hydrogen-bond acceptors (Lipinski definition) is 5. The Morgan fingerprint density at radius 1 is 1.00 bits per heavy atom. The number of hydrogen-bond donors (Lipinski definition) is 1. The van der Waals surface area contributed by atoms with Crippen molar-refractivity contribution in [3.05, 3.63) is 71.8 Å². The zero-order valence-corrected chi connectivity index (χ0v) is 14.7. The molecule has 0 saturated carbocycles. The second-order valence-electron chi connectivity index (χ2n) is 5.86. The van der Waals surface area contributed by atoms with Gasteiger partial charge < -0.3 is 4.74 Å². The number of nitrogens with zero attached hydrogens (tertiary/aromatic N) is 1. The second-order valence-corrected chi connectivity index (χ2v) is 7.48. The summed E-state index contributed by atoms with van der Waals surface area (Å²) < 4.78 is 32.2. The van der Waals surface area contributed by atoms with Crippen molar-refractivity contribution in [2.45, 2.75) is 19.1 Å². The highest BCUT2D eigenvalue weighted by molar-refractivity contribution is 7.88. The Bertz CT molecular complexity index is 884. The molecule has 1 N–H and O–H groups in total. The Morgan fingerprint density at radius 2 is 1.58 bits per heavy atom. The molecule has 26 heavy (non-hydrogen) atoms. The smallest absolute Gasteiger partial charge is 0.327 e. The third-order valence-corrected chi connectivity index (χ3v) is 5.39. The maximum absolute atomic E-state index is 12.4. The van der Waals surface area contributed by atoms with Crippen LogP contribution < -0.4 is 4.72 Å². The third kappa shape index (κ3) is 4.27. The van der Waals surface area contributed by atoms with Crippen LogP contribution in [0.15, 0.2) is 60.7 Å². The molecule has 0 aliphatic carbocycles. The molecule has 2 aromatic rings. The van der Waals surface area contributed by atoms with Gasteiger partial charge in [0.25, 0.3) is 5.91 Å². The number of nitrogens with one attached hydrogen (secondary N) is 1. The number of benzene rings is 2. The Hall–Kier alpha value is -2.71. The number of rotatable bonds is 6. The molecule has 1 heterocycles. The predicted molar refractivity (Wildman–Crippen MR) is 93.9 cm³/mol. The highest BCUT2D eigenvalue weighted by Crippen LogP contribution is 2.16. The van der Waals surface area contributed by atoms with Gasteiger partial charge in [-0.05, 0) is 17.5 Å². The minimum Gasteiger partial charge on any atom is -0.459 e. The SMILES string of the molecule is O=C(CN1C(=O)[C@H](Cc2ccccc2)NS1(=O)=O)OCc1ccccc1. The standard InChI is InChI=1S/C18H18N2O5S/c21-17(25-13-15-9-5-2-6-10-15)12-20-18(22)16(19-26(20,23)24)11-14-7-3-1-4-8-14/h1-10,16,19H,11-13H2/t16-/m0/s1. The lowest BCUT2D eigenvalue weighted by Crippen LogP contribution is -2.37. The molecular weight excluding hydrogens is 356 g/mol. The van der Waals surface area contributed by atoms with Crippen molar-refractivity contribution in [3.8, 4) is 0 Å². The Balaban J connectivity index is 1.61. The summed E-state index contributed by atoms with van der Waals surface area (Å²) in [7, 11) is -4.05. The number of carbonyl (C=O) groups is 2. The summed E-state index contributed by atoms with van der Waals surface area (Å²) in [5.74, 6) is -1.45. The molecule has 0 unspecified atom stereocenters. The lowest BCUT2D eigenvalue weighted by Gasteiger charge is -2.13. The summed E-state index contributed by atoms with van der Waals surface area (Å²) in [5.41, 5.74) is 1.60. The summed E-state index contributed by atoms with van der Waals surface area (Å²) in [6.07, 6.45) is 0.217. The first-order valence-corrected chi connectivity index (χ1v) is 9.47. The fourth-order valence-electron chi connectivity index (χ4n) is 2.63. The van der Waals surface area contributed by atoms with Gasteiger partial charge >= 0.3 is 16.2 Å². The van der Waals surface area contributed by atoms with E-state index in [-0.39, 0.29) is 13.0 Å². The molecule has 1 amide bonds. The summed E-state index contributed by atoms with van der Waals surface area (Å²) in [6, 6.07) is 17.1. The van der Waals surface area contributed by atoms with Gasteiger partial charge in [0.05, 0.1) is 0 Å². The molecule has 1 atom stereocenters. The van der Waals surface area contributed by atoms with Crippen molar-refractivity contribution >= 4 is 22.1 Å². The Labute approximate surface area is 151 Å². The van der Waals surface area contributed by atoms with Gasteiger partial charge in [-0.1, -0.05) is 60.7 Å². The highest BCUT2D eigenvalue weighted by atomic mass is 32.2. The molecule has 7 nitrogen and oxygen atoms in total. The molecule has 0 radical (unpaired) electrons. The van der Waals surface area contributed by atoms with Crippen molar-refractivity contribution in [1.82, 2.24) is 9.03 Å². The maximum atomic E-state index is 12.4. The molecule has 0 bridgehead atoms. The number of carbonyl (C=O) groups excluding carboxylic acids is 2. The van der Waals surface area contributed by atoms with E-state index in [9.17, 15) is 18.0 Å². The zero-order valence-electron chi connectivity index (χ0n) is 13.9. The van der Waals surface area contributed by atoms with E-state index in [4.69, 9.17) is 4.74 Å². The van der Waals surface area contributed by atoms with Crippen LogP contribution in [0.1, 0.15) is 11.1 Å². The summed E-state index contributed by atoms with van der Waals surface area (Å²) in [4.78, 5) is 24.4. The van der Waals surface area contributed by atoms with Crippen LogP contribution in [0, 0.1) is 0 Å². The average Bonchev–Trinajstić information content (AvgIpc) is 2.84.